The first-order chi connectivity index (χ1) is 10.7. The summed E-state index contributed by atoms with van der Waals surface area (Å²) in [6.07, 6.45) is 1.18. The molecule has 2 aromatic rings. The van der Waals surface area contributed by atoms with Crippen LogP contribution in [0, 0.1) is 0 Å². The van der Waals surface area contributed by atoms with Crippen LogP contribution in [0.1, 0.15) is 5.56 Å². The van der Waals surface area contributed by atoms with Gasteiger partial charge in [0.05, 0.1) is 20.5 Å². The normalized spacial score (nSPS) is 10.9. The number of carboxylic acids is 1. The topological polar surface area (TPSA) is 65.0 Å². The third-order valence-electron chi connectivity index (χ3n) is 2.91. The Kier molecular flexibility index (Phi) is 5.03. The smallest absolute Gasteiger partial charge is 0.339 e. The van der Waals surface area contributed by atoms with Crippen LogP contribution in [-0.2, 0) is 9.53 Å². The number of para-hydroxylation sites is 1. The van der Waals surface area contributed by atoms with Gasteiger partial charge in [-0.1, -0.05) is 24.3 Å². The average molecular weight is 300 g/mol. The number of aliphatic carboxylic acids is 1. The van der Waals surface area contributed by atoms with Gasteiger partial charge in [0.15, 0.2) is 0 Å². The molecular formula is C17H16O5. The van der Waals surface area contributed by atoms with Crippen LogP contribution in [0.25, 0.3) is 5.57 Å². The first-order valence-corrected chi connectivity index (χ1v) is 6.53. The van der Waals surface area contributed by atoms with Gasteiger partial charge in [-0.05, 0) is 18.2 Å². The zero-order chi connectivity index (χ0) is 15.9. The maximum atomic E-state index is 11.4. The number of benzene rings is 2. The minimum Gasteiger partial charge on any atom is -0.503 e. The highest BCUT2D eigenvalue weighted by Crippen LogP contribution is 2.31. The third-order valence-corrected chi connectivity index (χ3v) is 2.91. The van der Waals surface area contributed by atoms with Crippen molar-refractivity contribution in [2.75, 3.05) is 14.2 Å². The molecule has 5 nitrogen and oxygen atoms in total. The monoisotopic (exact) mass is 300 g/mol. The van der Waals surface area contributed by atoms with E-state index in [9.17, 15) is 9.90 Å². The molecule has 0 fully saturated rings. The number of carbonyl (C=O) groups is 1. The fourth-order valence-corrected chi connectivity index (χ4v) is 1.92. The van der Waals surface area contributed by atoms with Crippen LogP contribution in [0.15, 0.2) is 54.8 Å². The van der Waals surface area contributed by atoms with Crippen molar-refractivity contribution in [2.45, 2.75) is 0 Å². The van der Waals surface area contributed by atoms with E-state index in [1.165, 1.54) is 13.4 Å². The molecule has 22 heavy (non-hydrogen) atoms. The summed E-state index contributed by atoms with van der Waals surface area (Å²) in [5.74, 6) is 0.528. The lowest BCUT2D eigenvalue weighted by Crippen LogP contribution is -2.02. The highest BCUT2D eigenvalue weighted by molar-refractivity contribution is 6.15. The van der Waals surface area contributed by atoms with E-state index in [4.69, 9.17) is 14.2 Å². The van der Waals surface area contributed by atoms with Crippen molar-refractivity contribution in [1.82, 2.24) is 0 Å². The summed E-state index contributed by atoms with van der Waals surface area (Å²) in [5.41, 5.74) is 0.445. The Balaban J connectivity index is 2.39. The Morgan fingerprint density at radius 3 is 2.45 bits per heavy atom. The van der Waals surface area contributed by atoms with E-state index in [-0.39, 0.29) is 5.57 Å². The van der Waals surface area contributed by atoms with Gasteiger partial charge in [-0.2, -0.15) is 0 Å². The Hall–Kier alpha value is -2.95. The van der Waals surface area contributed by atoms with E-state index in [0.717, 1.165) is 0 Å². The summed E-state index contributed by atoms with van der Waals surface area (Å²) >= 11 is 0. The minimum atomic E-state index is -1.09. The van der Waals surface area contributed by atoms with Gasteiger partial charge in [0.2, 0.25) is 0 Å². The molecule has 0 amide bonds. The lowest BCUT2D eigenvalue weighted by atomic mass is 10.1. The van der Waals surface area contributed by atoms with Gasteiger partial charge in [-0.25, -0.2) is 4.79 Å². The summed E-state index contributed by atoms with van der Waals surface area (Å²) in [5, 5.41) is 9.31. The van der Waals surface area contributed by atoms with Gasteiger partial charge in [0.1, 0.15) is 22.8 Å². The van der Waals surface area contributed by atoms with Gasteiger partial charge in [-0.15, -0.1) is 0 Å². The third kappa shape index (κ3) is 3.58. The predicted molar refractivity (Wildman–Crippen MR) is 82.1 cm³/mol. The molecule has 0 aliphatic rings. The van der Waals surface area contributed by atoms with Crippen molar-refractivity contribution in [3.63, 3.8) is 0 Å². The van der Waals surface area contributed by atoms with Gasteiger partial charge in [-0.3, -0.25) is 0 Å². The minimum absolute atomic E-state index is 0.0148. The highest BCUT2D eigenvalue weighted by Gasteiger charge is 2.16. The molecule has 0 unspecified atom stereocenters. The van der Waals surface area contributed by atoms with Crippen molar-refractivity contribution in [3.05, 3.63) is 60.4 Å². The summed E-state index contributed by atoms with van der Waals surface area (Å²) in [6, 6.07) is 13.9. The van der Waals surface area contributed by atoms with Crippen LogP contribution >= 0.6 is 0 Å². The lowest BCUT2D eigenvalue weighted by Gasteiger charge is -2.12. The van der Waals surface area contributed by atoms with Crippen LogP contribution in [-0.4, -0.2) is 25.3 Å². The zero-order valence-electron chi connectivity index (χ0n) is 12.3. The summed E-state index contributed by atoms with van der Waals surface area (Å²) < 4.78 is 15.8. The molecule has 0 saturated heterocycles. The maximum absolute atomic E-state index is 11.4. The summed E-state index contributed by atoms with van der Waals surface area (Å²) in [7, 11) is 2.96. The molecular weight excluding hydrogens is 284 g/mol. The standard InChI is InChI=1S/C17H16O5/c1-20-11-15(17(18)19)14-8-3-4-9-16(14)22-13-7-5-6-12(10-13)21-2/h3-11H,1-2H3,(H,18,19). The van der Waals surface area contributed by atoms with Gasteiger partial charge in [0.25, 0.3) is 0 Å². The van der Waals surface area contributed by atoms with Gasteiger partial charge in [0, 0.05) is 11.6 Å². The molecule has 2 aromatic carbocycles. The fraction of sp³-hybridized carbons (Fsp3) is 0.118. The summed E-state index contributed by atoms with van der Waals surface area (Å²) in [6.45, 7) is 0. The van der Waals surface area contributed by atoms with E-state index in [0.29, 0.717) is 22.8 Å². The number of hydrogen-bond acceptors (Lipinski definition) is 4. The number of ether oxygens (including phenoxy) is 3. The van der Waals surface area contributed by atoms with Gasteiger partial charge < -0.3 is 19.3 Å². The predicted octanol–water partition coefficient (Wildman–Crippen LogP) is 3.56. The van der Waals surface area contributed by atoms with Crippen LogP contribution < -0.4 is 9.47 Å². The molecule has 0 aliphatic heterocycles. The van der Waals surface area contributed by atoms with E-state index in [2.05, 4.69) is 0 Å². The van der Waals surface area contributed by atoms with Gasteiger partial charge >= 0.3 is 5.97 Å². The van der Waals surface area contributed by atoms with Crippen LogP contribution in [0.3, 0.4) is 0 Å². The molecule has 0 heterocycles. The first-order valence-electron chi connectivity index (χ1n) is 6.53. The lowest BCUT2D eigenvalue weighted by molar-refractivity contribution is -0.130. The number of rotatable bonds is 6. The quantitative estimate of drug-likeness (QED) is 0.652. The van der Waals surface area contributed by atoms with Crippen molar-refractivity contribution in [1.29, 1.82) is 0 Å². The van der Waals surface area contributed by atoms with Crippen molar-refractivity contribution < 1.29 is 24.1 Å². The largest absolute Gasteiger partial charge is 0.503 e. The molecule has 0 spiro atoms. The van der Waals surface area contributed by atoms with Crippen LogP contribution in [0.5, 0.6) is 17.2 Å². The summed E-state index contributed by atoms with van der Waals surface area (Å²) in [4.78, 5) is 11.4. The molecule has 114 valence electrons. The second-order valence-electron chi connectivity index (χ2n) is 4.35. The van der Waals surface area contributed by atoms with E-state index >= 15 is 0 Å². The molecule has 5 heteroatoms. The number of methoxy groups -OCH3 is 2. The van der Waals surface area contributed by atoms with E-state index in [1.807, 2.05) is 0 Å². The molecule has 2 rings (SSSR count). The molecule has 0 saturated carbocycles. The Labute approximate surface area is 128 Å². The Bertz CT molecular complexity index is 691. The molecule has 0 aliphatic carbocycles. The molecule has 0 radical (unpaired) electrons. The Morgan fingerprint density at radius 1 is 1.05 bits per heavy atom. The van der Waals surface area contributed by atoms with Crippen LogP contribution in [0.4, 0.5) is 0 Å². The SMILES string of the molecule is COC=C(C(=O)O)c1ccccc1Oc1cccc(OC)c1. The maximum Gasteiger partial charge on any atom is 0.339 e. The Morgan fingerprint density at radius 2 is 1.77 bits per heavy atom. The first kappa shape index (κ1) is 15.4. The molecule has 1 N–H and O–H groups in total. The van der Waals surface area contributed by atoms with Crippen LogP contribution in [0.2, 0.25) is 0 Å². The number of hydrogen-bond donors (Lipinski definition) is 1. The average Bonchev–Trinajstić information content (AvgIpc) is 2.53. The second kappa shape index (κ2) is 7.17. The van der Waals surface area contributed by atoms with Crippen molar-refractivity contribution >= 4 is 11.5 Å². The van der Waals surface area contributed by atoms with Crippen molar-refractivity contribution in [3.8, 4) is 17.2 Å². The highest BCUT2D eigenvalue weighted by atomic mass is 16.5. The second-order valence-corrected chi connectivity index (χ2v) is 4.35. The van der Waals surface area contributed by atoms with E-state index < -0.39 is 5.97 Å². The van der Waals surface area contributed by atoms with Crippen molar-refractivity contribution in [2.24, 2.45) is 0 Å². The molecule has 0 bridgehead atoms. The fourth-order valence-electron chi connectivity index (χ4n) is 1.92. The van der Waals surface area contributed by atoms with E-state index in [1.54, 1.807) is 55.6 Å². The number of carboxylic acid groups (broad SMARTS) is 1. The molecule has 0 atom stereocenters. The zero-order valence-corrected chi connectivity index (χ0v) is 12.3. The molecule has 0 aromatic heterocycles.